The first-order valence-electron chi connectivity index (χ1n) is 7.00. The van der Waals surface area contributed by atoms with E-state index in [9.17, 15) is 8.42 Å². The SMILES string of the molecule is Cc1c[nH]c2nc(Nc3ccc(S(N)(=O)=O)cn3)nc(C)c12.NC=O. The maximum atomic E-state index is 11.2. The molecule has 1 amide bonds. The predicted octanol–water partition coefficient (Wildman–Crippen LogP) is 0.462. The number of anilines is 2. The summed E-state index contributed by atoms with van der Waals surface area (Å²) in [6, 6.07) is 2.87. The molecule has 0 unspecified atom stereocenters. The smallest absolute Gasteiger partial charge is 0.239 e. The van der Waals surface area contributed by atoms with Gasteiger partial charge in [-0.1, -0.05) is 0 Å². The Bertz CT molecular complexity index is 997. The molecule has 3 aromatic heterocycles. The number of nitrogens with one attached hydrogen (secondary N) is 2. The summed E-state index contributed by atoms with van der Waals surface area (Å²) in [5.74, 6) is 0.803. The molecule has 6 N–H and O–H groups in total. The van der Waals surface area contributed by atoms with Crippen molar-refractivity contribution in [3.63, 3.8) is 0 Å². The number of aromatic nitrogens is 4. The van der Waals surface area contributed by atoms with E-state index < -0.39 is 10.0 Å². The third-order valence-electron chi connectivity index (χ3n) is 3.21. The number of fused-ring (bicyclic) bond motifs is 1. The Morgan fingerprint density at radius 3 is 2.48 bits per heavy atom. The van der Waals surface area contributed by atoms with Gasteiger partial charge in [-0.2, -0.15) is 4.98 Å². The van der Waals surface area contributed by atoms with E-state index in [1.807, 2.05) is 20.0 Å². The number of primary amides is 1. The van der Waals surface area contributed by atoms with Gasteiger partial charge in [-0.15, -0.1) is 0 Å². The summed E-state index contributed by atoms with van der Waals surface area (Å²) in [6.45, 7) is 3.88. The van der Waals surface area contributed by atoms with E-state index in [1.54, 1.807) is 0 Å². The molecule has 11 heteroatoms. The van der Waals surface area contributed by atoms with Gasteiger partial charge in [-0.05, 0) is 31.5 Å². The molecule has 0 saturated heterocycles. The quantitative estimate of drug-likeness (QED) is 0.490. The molecule has 0 aromatic carbocycles. The van der Waals surface area contributed by atoms with Crippen molar-refractivity contribution in [2.45, 2.75) is 18.7 Å². The lowest BCUT2D eigenvalue weighted by molar-refractivity contribution is -0.106. The molecule has 132 valence electrons. The monoisotopic (exact) mass is 363 g/mol. The van der Waals surface area contributed by atoms with Crippen molar-refractivity contribution in [1.82, 2.24) is 19.9 Å². The van der Waals surface area contributed by atoms with Crippen molar-refractivity contribution in [2.75, 3.05) is 5.32 Å². The Morgan fingerprint density at radius 1 is 1.24 bits per heavy atom. The number of pyridine rings is 1. The first-order valence-corrected chi connectivity index (χ1v) is 8.54. The Balaban J connectivity index is 0.000000701. The number of nitrogens with two attached hydrogens (primary N) is 2. The Morgan fingerprint density at radius 2 is 1.92 bits per heavy atom. The zero-order valence-electron chi connectivity index (χ0n) is 13.5. The van der Waals surface area contributed by atoms with Crippen molar-refractivity contribution in [2.24, 2.45) is 10.9 Å². The van der Waals surface area contributed by atoms with Crippen LogP contribution in [0.1, 0.15) is 11.3 Å². The minimum absolute atomic E-state index is 0.0504. The summed E-state index contributed by atoms with van der Waals surface area (Å²) in [4.78, 5) is 24.3. The van der Waals surface area contributed by atoms with Crippen LogP contribution in [-0.2, 0) is 14.8 Å². The van der Waals surface area contributed by atoms with Crippen LogP contribution < -0.4 is 16.2 Å². The van der Waals surface area contributed by atoms with Gasteiger partial charge in [0.05, 0.1) is 5.69 Å². The molecule has 0 atom stereocenters. The molecular formula is C14H17N7O3S. The first-order chi connectivity index (χ1) is 11.8. The fourth-order valence-corrected chi connectivity index (χ4v) is 2.65. The van der Waals surface area contributed by atoms with Gasteiger partial charge < -0.3 is 16.0 Å². The second-order valence-electron chi connectivity index (χ2n) is 5.01. The zero-order chi connectivity index (χ0) is 18.6. The fraction of sp³-hybridized carbons (Fsp3) is 0.143. The lowest BCUT2D eigenvalue weighted by Gasteiger charge is -2.06. The third-order valence-corrected chi connectivity index (χ3v) is 4.11. The molecule has 0 saturated carbocycles. The average molecular weight is 363 g/mol. The molecule has 3 rings (SSSR count). The van der Waals surface area contributed by atoms with Crippen LogP contribution in [0.15, 0.2) is 29.4 Å². The average Bonchev–Trinajstić information content (AvgIpc) is 2.89. The van der Waals surface area contributed by atoms with Gasteiger partial charge in [0, 0.05) is 17.8 Å². The molecule has 0 aliphatic heterocycles. The highest BCUT2D eigenvalue weighted by Crippen LogP contribution is 2.21. The van der Waals surface area contributed by atoms with Gasteiger partial charge >= 0.3 is 0 Å². The molecular weight excluding hydrogens is 346 g/mol. The summed E-state index contributed by atoms with van der Waals surface area (Å²) in [5, 5.41) is 8.95. The Hall–Kier alpha value is -3.05. The summed E-state index contributed by atoms with van der Waals surface area (Å²) >= 11 is 0. The fourth-order valence-electron chi connectivity index (χ4n) is 2.19. The minimum atomic E-state index is -3.75. The normalized spacial score (nSPS) is 10.8. The number of H-pyrrole nitrogens is 1. The lowest BCUT2D eigenvalue weighted by Crippen LogP contribution is -2.12. The van der Waals surface area contributed by atoms with E-state index in [2.05, 4.69) is 31.0 Å². The standard InChI is InChI=1S/C13H14N6O2S.CH3NO/c1-7-5-16-12-11(7)8(2)17-13(19-12)18-10-4-3-9(6-15-10)22(14,20)21;2-1-3/h3-6H,1-2H3,(H2,14,20,21)(H2,15,16,17,18,19);1H,(H2,2,3). The van der Waals surface area contributed by atoms with Gasteiger partial charge in [0.1, 0.15) is 16.4 Å². The van der Waals surface area contributed by atoms with Crippen molar-refractivity contribution >= 4 is 39.2 Å². The summed E-state index contributed by atoms with van der Waals surface area (Å²) < 4.78 is 22.4. The molecule has 25 heavy (non-hydrogen) atoms. The number of primary sulfonamides is 1. The van der Waals surface area contributed by atoms with Crippen LogP contribution in [0.4, 0.5) is 11.8 Å². The minimum Gasteiger partial charge on any atom is -0.372 e. The molecule has 0 fully saturated rings. The Labute approximate surface area is 143 Å². The van der Waals surface area contributed by atoms with Crippen LogP contribution in [0.5, 0.6) is 0 Å². The van der Waals surface area contributed by atoms with Crippen LogP contribution in [0.3, 0.4) is 0 Å². The summed E-state index contributed by atoms with van der Waals surface area (Å²) in [6.07, 6.45) is 3.30. The number of hydrogen-bond donors (Lipinski definition) is 4. The van der Waals surface area contributed by atoms with Crippen LogP contribution in [0.25, 0.3) is 11.0 Å². The largest absolute Gasteiger partial charge is 0.372 e. The van der Waals surface area contributed by atoms with Gasteiger partial charge in [-0.3, -0.25) is 4.79 Å². The predicted molar refractivity (Wildman–Crippen MR) is 92.5 cm³/mol. The number of carbonyl (C=O) groups is 1. The van der Waals surface area contributed by atoms with Crippen molar-refractivity contribution in [3.05, 3.63) is 35.8 Å². The number of aromatic amines is 1. The molecule has 0 spiro atoms. The number of rotatable bonds is 3. The molecule has 10 nitrogen and oxygen atoms in total. The number of aryl methyl sites for hydroxylation is 2. The van der Waals surface area contributed by atoms with Crippen molar-refractivity contribution in [1.29, 1.82) is 0 Å². The molecule has 0 aliphatic carbocycles. The maximum absolute atomic E-state index is 11.2. The number of amides is 1. The summed E-state index contributed by atoms with van der Waals surface area (Å²) in [5.41, 5.74) is 6.82. The zero-order valence-corrected chi connectivity index (χ0v) is 14.3. The van der Waals surface area contributed by atoms with Gasteiger partial charge in [0.25, 0.3) is 0 Å². The van der Waals surface area contributed by atoms with Crippen LogP contribution in [-0.4, -0.2) is 34.8 Å². The van der Waals surface area contributed by atoms with Gasteiger partial charge in [0.2, 0.25) is 22.4 Å². The highest BCUT2D eigenvalue weighted by Gasteiger charge is 2.10. The molecule has 0 radical (unpaired) electrons. The number of nitrogens with zero attached hydrogens (tertiary/aromatic N) is 3. The van der Waals surface area contributed by atoms with E-state index >= 15 is 0 Å². The van der Waals surface area contributed by atoms with E-state index in [0.717, 1.165) is 22.3 Å². The number of hydrogen-bond acceptors (Lipinski definition) is 7. The van der Waals surface area contributed by atoms with Crippen molar-refractivity contribution in [3.8, 4) is 0 Å². The highest BCUT2D eigenvalue weighted by molar-refractivity contribution is 7.89. The summed E-state index contributed by atoms with van der Waals surface area (Å²) in [7, 11) is -3.75. The van der Waals surface area contributed by atoms with E-state index in [-0.39, 0.29) is 11.3 Å². The second-order valence-corrected chi connectivity index (χ2v) is 6.57. The van der Waals surface area contributed by atoms with Crippen molar-refractivity contribution < 1.29 is 13.2 Å². The molecule has 3 heterocycles. The topological polar surface area (TPSA) is 170 Å². The van der Waals surface area contributed by atoms with Crippen LogP contribution >= 0.6 is 0 Å². The molecule has 0 bridgehead atoms. The van der Waals surface area contributed by atoms with Gasteiger partial charge in [-0.25, -0.2) is 23.5 Å². The Kier molecular flexibility index (Phi) is 5.29. The first kappa shape index (κ1) is 18.3. The van der Waals surface area contributed by atoms with Crippen LogP contribution in [0.2, 0.25) is 0 Å². The number of sulfonamides is 1. The number of carbonyl (C=O) groups excluding carboxylic acids is 1. The second kappa shape index (κ2) is 7.23. The van der Waals surface area contributed by atoms with E-state index in [0.29, 0.717) is 11.8 Å². The van der Waals surface area contributed by atoms with Gasteiger partial charge in [0.15, 0.2) is 0 Å². The maximum Gasteiger partial charge on any atom is 0.239 e. The highest BCUT2D eigenvalue weighted by atomic mass is 32.2. The van der Waals surface area contributed by atoms with E-state index in [1.165, 1.54) is 18.3 Å². The molecule has 3 aromatic rings. The lowest BCUT2D eigenvalue weighted by atomic mass is 10.2. The van der Waals surface area contributed by atoms with E-state index in [4.69, 9.17) is 9.93 Å². The van der Waals surface area contributed by atoms with Crippen LogP contribution in [0, 0.1) is 13.8 Å². The molecule has 0 aliphatic rings. The third kappa shape index (κ3) is 4.28.